The fourth-order valence-electron chi connectivity index (χ4n) is 1.38. The normalized spacial score (nSPS) is 9.54. The van der Waals surface area contributed by atoms with Gasteiger partial charge in [0.1, 0.15) is 0 Å². The summed E-state index contributed by atoms with van der Waals surface area (Å²) in [6, 6.07) is 10.0. The van der Waals surface area contributed by atoms with Crippen molar-refractivity contribution in [3.8, 4) is 6.07 Å². The van der Waals surface area contributed by atoms with Gasteiger partial charge in [-0.05, 0) is 30.5 Å². The Labute approximate surface area is 80.0 Å². The van der Waals surface area contributed by atoms with E-state index in [1.807, 2.05) is 18.2 Å². The van der Waals surface area contributed by atoms with E-state index in [9.17, 15) is 0 Å². The van der Waals surface area contributed by atoms with Crippen molar-refractivity contribution in [2.75, 3.05) is 0 Å². The van der Waals surface area contributed by atoms with Gasteiger partial charge < -0.3 is 0 Å². The van der Waals surface area contributed by atoms with Crippen molar-refractivity contribution in [1.82, 2.24) is 0 Å². The van der Waals surface area contributed by atoms with Crippen molar-refractivity contribution in [2.24, 2.45) is 0 Å². The van der Waals surface area contributed by atoms with Crippen LogP contribution in [0, 0.1) is 11.3 Å². The fraction of sp³-hybridized carbons (Fsp3) is 0.417. The predicted octanol–water partition coefficient (Wildman–Crippen LogP) is 3.29. The van der Waals surface area contributed by atoms with E-state index in [4.69, 9.17) is 5.26 Å². The standard InChI is InChI=1S/C12H15N/c1-2-3-4-6-11-7-5-8-12(9-11)10-13/h5,7-9H,2-4,6H2,1H3. The molecule has 68 valence electrons. The molecule has 1 aromatic carbocycles. The Morgan fingerprint density at radius 3 is 2.85 bits per heavy atom. The monoisotopic (exact) mass is 173 g/mol. The van der Waals surface area contributed by atoms with Crippen molar-refractivity contribution >= 4 is 0 Å². The molecule has 0 atom stereocenters. The van der Waals surface area contributed by atoms with Gasteiger partial charge in [0.2, 0.25) is 0 Å². The molecule has 0 spiro atoms. The van der Waals surface area contributed by atoms with Crippen LogP contribution in [0.25, 0.3) is 0 Å². The van der Waals surface area contributed by atoms with Crippen molar-refractivity contribution in [3.63, 3.8) is 0 Å². The van der Waals surface area contributed by atoms with E-state index in [1.54, 1.807) is 0 Å². The molecular formula is C12H15N. The molecule has 0 fully saturated rings. The molecule has 0 saturated heterocycles. The third kappa shape index (κ3) is 3.29. The van der Waals surface area contributed by atoms with Gasteiger partial charge in [0.05, 0.1) is 11.6 Å². The minimum atomic E-state index is 0.772. The molecule has 1 rings (SSSR count). The Balaban J connectivity index is 2.52. The van der Waals surface area contributed by atoms with Crippen LogP contribution in [0.2, 0.25) is 0 Å². The van der Waals surface area contributed by atoms with E-state index in [1.165, 1.54) is 24.8 Å². The largest absolute Gasteiger partial charge is 0.192 e. The van der Waals surface area contributed by atoms with Gasteiger partial charge in [0.25, 0.3) is 0 Å². The summed E-state index contributed by atoms with van der Waals surface area (Å²) in [6.07, 6.45) is 4.85. The minimum Gasteiger partial charge on any atom is -0.192 e. The number of unbranched alkanes of at least 4 members (excludes halogenated alkanes) is 2. The maximum absolute atomic E-state index is 8.68. The van der Waals surface area contributed by atoms with Crippen LogP contribution in [0.5, 0.6) is 0 Å². The SMILES string of the molecule is CCCCCc1cccc(C#N)c1. The van der Waals surface area contributed by atoms with Gasteiger partial charge in [-0.1, -0.05) is 31.9 Å². The van der Waals surface area contributed by atoms with E-state index in [0.29, 0.717) is 0 Å². The molecule has 1 heteroatoms. The predicted molar refractivity (Wildman–Crippen MR) is 54.4 cm³/mol. The number of rotatable bonds is 4. The number of aryl methyl sites for hydroxylation is 1. The molecule has 0 unspecified atom stereocenters. The van der Waals surface area contributed by atoms with Crippen molar-refractivity contribution < 1.29 is 0 Å². The van der Waals surface area contributed by atoms with Crippen LogP contribution in [0.1, 0.15) is 37.3 Å². The Hall–Kier alpha value is -1.29. The molecule has 0 aliphatic carbocycles. The van der Waals surface area contributed by atoms with Gasteiger partial charge in [-0.2, -0.15) is 5.26 Å². The maximum Gasteiger partial charge on any atom is 0.0991 e. The van der Waals surface area contributed by atoms with Crippen LogP contribution in [-0.4, -0.2) is 0 Å². The minimum absolute atomic E-state index is 0.772. The zero-order valence-electron chi connectivity index (χ0n) is 8.09. The summed E-state index contributed by atoms with van der Waals surface area (Å²) in [7, 11) is 0. The van der Waals surface area contributed by atoms with E-state index < -0.39 is 0 Å². The summed E-state index contributed by atoms with van der Waals surface area (Å²) in [5, 5.41) is 8.68. The molecule has 0 radical (unpaired) electrons. The zero-order chi connectivity index (χ0) is 9.52. The molecule has 0 aliphatic rings. The first-order chi connectivity index (χ1) is 6.36. The van der Waals surface area contributed by atoms with Gasteiger partial charge in [-0.15, -0.1) is 0 Å². The number of nitrogens with zero attached hydrogens (tertiary/aromatic N) is 1. The fourth-order valence-corrected chi connectivity index (χ4v) is 1.38. The first kappa shape index (κ1) is 9.80. The first-order valence-corrected chi connectivity index (χ1v) is 4.86. The molecule has 0 N–H and O–H groups in total. The third-order valence-corrected chi connectivity index (χ3v) is 2.13. The molecule has 0 aliphatic heterocycles. The van der Waals surface area contributed by atoms with Crippen LogP contribution in [0.15, 0.2) is 24.3 Å². The second-order valence-electron chi connectivity index (χ2n) is 3.27. The van der Waals surface area contributed by atoms with Crippen molar-refractivity contribution in [2.45, 2.75) is 32.6 Å². The summed E-state index contributed by atoms with van der Waals surface area (Å²) in [5.74, 6) is 0. The molecule has 0 amide bonds. The molecule has 0 saturated carbocycles. The second kappa shape index (κ2) is 5.37. The van der Waals surface area contributed by atoms with Crippen LogP contribution in [-0.2, 0) is 6.42 Å². The van der Waals surface area contributed by atoms with E-state index in [2.05, 4.69) is 19.1 Å². The Morgan fingerprint density at radius 2 is 2.15 bits per heavy atom. The third-order valence-electron chi connectivity index (χ3n) is 2.13. The average molecular weight is 173 g/mol. The molecule has 13 heavy (non-hydrogen) atoms. The molecule has 1 nitrogen and oxygen atoms in total. The molecule has 0 bridgehead atoms. The van der Waals surface area contributed by atoms with Crippen LogP contribution >= 0.6 is 0 Å². The van der Waals surface area contributed by atoms with E-state index in [0.717, 1.165) is 12.0 Å². The highest BCUT2D eigenvalue weighted by molar-refractivity contribution is 5.32. The van der Waals surface area contributed by atoms with Crippen LogP contribution in [0.3, 0.4) is 0 Å². The summed E-state index contributed by atoms with van der Waals surface area (Å²) >= 11 is 0. The lowest BCUT2D eigenvalue weighted by Gasteiger charge is -1.99. The molecular weight excluding hydrogens is 158 g/mol. The van der Waals surface area contributed by atoms with Gasteiger partial charge >= 0.3 is 0 Å². The zero-order valence-corrected chi connectivity index (χ0v) is 8.09. The topological polar surface area (TPSA) is 23.8 Å². The number of hydrogen-bond donors (Lipinski definition) is 0. The Bertz CT molecular complexity index is 296. The highest BCUT2D eigenvalue weighted by Gasteiger charge is 1.94. The maximum atomic E-state index is 8.68. The van der Waals surface area contributed by atoms with Crippen LogP contribution in [0.4, 0.5) is 0 Å². The smallest absolute Gasteiger partial charge is 0.0991 e. The van der Waals surface area contributed by atoms with Gasteiger partial charge in [0, 0.05) is 0 Å². The quantitative estimate of drug-likeness (QED) is 0.641. The average Bonchev–Trinajstić information content (AvgIpc) is 2.19. The van der Waals surface area contributed by atoms with Crippen molar-refractivity contribution in [1.29, 1.82) is 5.26 Å². The Kier molecular flexibility index (Phi) is 4.05. The lowest BCUT2D eigenvalue weighted by Crippen LogP contribution is -1.86. The second-order valence-corrected chi connectivity index (χ2v) is 3.27. The summed E-state index contributed by atoms with van der Waals surface area (Å²) < 4.78 is 0. The Morgan fingerprint density at radius 1 is 1.31 bits per heavy atom. The number of nitriles is 1. The molecule has 0 heterocycles. The summed E-state index contributed by atoms with van der Waals surface area (Å²) in [5.41, 5.74) is 2.06. The number of hydrogen-bond acceptors (Lipinski definition) is 1. The number of benzene rings is 1. The summed E-state index contributed by atoms with van der Waals surface area (Å²) in [6.45, 7) is 2.20. The highest BCUT2D eigenvalue weighted by atomic mass is 14.2. The molecule has 0 aromatic heterocycles. The van der Waals surface area contributed by atoms with Crippen LogP contribution < -0.4 is 0 Å². The summed E-state index contributed by atoms with van der Waals surface area (Å²) in [4.78, 5) is 0. The highest BCUT2D eigenvalue weighted by Crippen LogP contribution is 2.08. The first-order valence-electron chi connectivity index (χ1n) is 4.86. The van der Waals surface area contributed by atoms with Crippen molar-refractivity contribution in [3.05, 3.63) is 35.4 Å². The van der Waals surface area contributed by atoms with Gasteiger partial charge in [0.15, 0.2) is 0 Å². The van der Waals surface area contributed by atoms with Gasteiger partial charge in [-0.25, -0.2) is 0 Å². The van der Waals surface area contributed by atoms with E-state index in [-0.39, 0.29) is 0 Å². The lowest BCUT2D eigenvalue weighted by molar-refractivity contribution is 0.717. The lowest BCUT2D eigenvalue weighted by atomic mass is 10.1. The van der Waals surface area contributed by atoms with Gasteiger partial charge in [-0.3, -0.25) is 0 Å². The molecule has 1 aromatic rings. The van der Waals surface area contributed by atoms with E-state index >= 15 is 0 Å².